The predicted octanol–water partition coefficient (Wildman–Crippen LogP) is 5.58. The van der Waals surface area contributed by atoms with Crippen LogP contribution < -0.4 is 5.73 Å². The molecule has 0 rings (SSSR count). The van der Waals surface area contributed by atoms with Crippen molar-refractivity contribution in [3.63, 3.8) is 0 Å². The van der Waals surface area contributed by atoms with Gasteiger partial charge in [-0.15, -0.1) is 0 Å². The van der Waals surface area contributed by atoms with E-state index in [4.69, 9.17) is 10.8 Å². The summed E-state index contributed by atoms with van der Waals surface area (Å²) < 4.78 is 0. The van der Waals surface area contributed by atoms with Crippen LogP contribution in [0.4, 0.5) is 0 Å². The van der Waals surface area contributed by atoms with Crippen LogP contribution >= 0.6 is 0 Å². The number of carbonyl (C=O) groups is 1. The van der Waals surface area contributed by atoms with E-state index >= 15 is 0 Å². The average molecular weight is 306 g/mol. The van der Waals surface area contributed by atoms with E-state index in [-0.39, 0.29) is 7.43 Å². The number of carboxylic acid groups (broad SMARTS) is 1. The molecule has 0 heterocycles. The molecule has 21 heavy (non-hydrogen) atoms. The smallest absolute Gasteiger partial charge is 0.320 e. The maximum absolute atomic E-state index is 10.1. The monoisotopic (exact) mass is 305 g/mol. The fourth-order valence-electron chi connectivity index (χ4n) is 1.19. The maximum Gasteiger partial charge on any atom is 0.320 e. The Morgan fingerprint density at radius 2 is 1.33 bits per heavy atom. The Kier molecular flexibility index (Phi) is 26.4. The van der Waals surface area contributed by atoms with Crippen LogP contribution in [0.1, 0.15) is 88.5 Å². The summed E-state index contributed by atoms with van der Waals surface area (Å²) in [5.41, 5.74) is 5.22. The number of aliphatic carboxylic acids is 1. The first-order valence-corrected chi connectivity index (χ1v) is 8.06. The minimum absolute atomic E-state index is 0. The molecule has 0 aliphatic rings. The third-order valence-electron chi connectivity index (χ3n) is 2.73. The first kappa shape index (κ1) is 28.6. The molecule has 0 radical (unpaired) electrons. The molecule has 0 saturated heterocycles. The molecule has 0 saturated carbocycles. The van der Waals surface area contributed by atoms with E-state index < -0.39 is 12.0 Å². The molecular weight excluding hydrogens is 262 g/mol. The summed E-state index contributed by atoms with van der Waals surface area (Å²) in [7, 11) is 0. The quantitative estimate of drug-likeness (QED) is 0.673. The second-order valence-electron chi connectivity index (χ2n) is 6.56. The summed E-state index contributed by atoms with van der Waals surface area (Å²) in [4.78, 5) is 10.1. The highest BCUT2D eigenvalue weighted by molar-refractivity contribution is 5.72. The highest BCUT2D eigenvalue weighted by Crippen LogP contribution is 2.01. The Morgan fingerprint density at radius 3 is 1.38 bits per heavy atom. The van der Waals surface area contributed by atoms with Crippen molar-refractivity contribution in [3.05, 3.63) is 0 Å². The zero-order chi connectivity index (χ0) is 16.7. The number of nitrogens with two attached hydrogens (primary N) is 1. The number of hydrogen-bond donors (Lipinski definition) is 2. The van der Waals surface area contributed by atoms with E-state index in [9.17, 15) is 4.79 Å². The summed E-state index contributed by atoms with van der Waals surface area (Å²) in [5, 5.41) is 8.31. The van der Waals surface area contributed by atoms with Crippen LogP contribution in [0, 0.1) is 17.8 Å². The van der Waals surface area contributed by atoms with Crippen molar-refractivity contribution in [2.75, 3.05) is 0 Å². The van der Waals surface area contributed by atoms with Gasteiger partial charge in [-0.2, -0.15) is 0 Å². The molecule has 1 unspecified atom stereocenters. The Morgan fingerprint density at radius 1 is 0.952 bits per heavy atom. The molecule has 0 aliphatic heterocycles. The van der Waals surface area contributed by atoms with Crippen molar-refractivity contribution < 1.29 is 9.90 Å². The maximum atomic E-state index is 10.1. The van der Waals surface area contributed by atoms with E-state index in [1.54, 1.807) is 0 Å². The van der Waals surface area contributed by atoms with Crippen LogP contribution in [0.25, 0.3) is 0 Å². The fourth-order valence-corrected chi connectivity index (χ4v) is 1.19. The second-order valence-corrected chi connectivity index (χ2v) is 6.56. The molecule has 0 aromatic carbocycles. The minimum atomic E-state index is -0.913. The standard InChI is InChI=1S/C6H13NO2.C6H14.C5H12.CH4/c1-4(2)3-5(7)6(8)9;1-4-5-6(2)3;1-4-5(2)3;/h4-5H,3,7H2,1-2H3,(H,8,9);6H,4-5H2,1-3H3;5H,4H2,1-3H3;1H4. The SMILES string of the molecule is C.CC(C)CC(N)C(=O)O.CCC(C)C.CCCC(C)C. The van der Waals surface area contributed by atoms with Crippen LogP contribution in [0.5, 0.6) is 0 Å². The fraction of sp³-hybridized carbons (Fsp3) is 0.944. The second kappa shape index (κ2) is 19.4. The van der Waals surface area contributed by atoms with Crippen LogP contribution in [-0.4, -0.2) is 17.1 Å². The van der Waals surface area contributed by atoms with Gasteiger partial charge in [-0.25, -0.2) is 0 Å². The molecule has 3 N–H and O–H groups in total. The third-order valence-corrected chi connectivity index (χ3v) is 2.73. The molecule has 0 aromatic heterocycles. The molecule has 3 nitrogen and oxygen atoms in total. The Hall–Kier alpha value is -0.570. The number of hydrogen-bond acceptors (Lipinski definition) is 2. The van der Waals surface area contributed by atoms with Gasteiger partial charge >= 0.3 is 5.97 Å². The van der Waals surface area contributed by atoms with E-state index in [0.29, 0.717) is 12.3 Å². The van der Waals surface area contributed by atoms with Crippen LogP contribution in [0.15, 0.2) is 0 Å². The highest BCUT2D eigenvalue weighted by Gasteiger charge is 2.11. The average Bonchev–Trinajstić information content (AvgIpc) is 2.29. The lowest BCUT2D eigenvalue weighted by atomic mass is 10.1. The van der Waals surface area contributed by atoms with Gasteiger partial charge in [-0.05, 0) is 24.2 Å². The predicted molar refractivity (Wildman–Crippen MR) is 96.7 cm³/mol. The van der Waals surface area contributed by atoms with Gasteiger partial charge in [0.05, 0.1) is 0 Å². The number of carboxylic acids is 1. The Labute approximate surface area is 134 Å². The lowest BCUT2D eigenvalue weighted by Crippen LogP contribution is -2.31. The number of rotatable bonds is 6. The van der Waals surface area contributed by atoms with Crippen LogP contribution in [0.3, 0.4) is 0 Å². The van der Waals surface area contributed by atoms with Crippen molar-refractivity contribution >= 4 is 5.97 Å². The molecule has 0 aromatic rings. The summed E-state index contributed by atoms with van der Waals surface area (Å²) in [6.45, 7) is 17.3. The first-order chi connectivity index (χ1) is 9.08. The Balaban J connectivity index is -0.000000106. The van der Waals surface area contributed by atoms with E-state index in [1.807, 2.05) is 13.8 Å². The molecular formula is C18H43NO2. The van der Waals surface area contributed by atoms with Gasteiger partial charge in [0.25, 0.3) is 0 Å². The van der Waals surface area contributed by atoms with Crippen molar-refractivity contribution in [3.8, 4) is 0 Å². The first-order valence-electron chi connectivity index (χ1n) is 8.06. The van der Waals surface area contributed by atoms with Crippen LogP contribution in [0.2, 0.25) is 0 Å². The van der Waals surface area contributed by atoms with Gasteiger partial charge in [0.15, 0.2) is 0 Å². The minimum Gasteiger partial charge on any atom is -0.480 e. The van der Waals surface area contributed by atoms with Gasteiger partial charge in [0.2, 0.25) is 0 Å². The normalized spacial score (nSPS) is 11.0. The molecule has 132 valence electrons. The lowest BCUT2D eigenvalue weighted by molar-refractivity contribution is -0.138. The molecule has 3 heteroatoms. The zero-order valence-corrected chi connectivity index (χ0v) is 15.1. The van der Waals surface area contributed by atoms with E-state index in [2.05, 4.69) is 41.5 Å². The van der Waals surface area contributed by atoms with Crippen molar-refractivity contribution in [2.24, 2.45) is 23.5 Å². The van der Waals surface area contributed by atoms with E-state index in [0.717, 1.165) is 11.8 Å². The summed E-state index contributed by atoms with van der Waals surface area (Å²) >= 11 is 0. The third kappa shape index (κ3) is 38.2. The summed E-state index contributed by atoms with van der Waals surface area (Å²) in [6.07, 6.45) is 4.56. The van der Waals surface area contributed by atoms with Crippen molar-refractivity contribution in [1.82, 2.24) is 0 Å². The molecule has 0 amide bonds. The zero-order valence-electron chi connectivity index (χ0n) is 15.1. The molecule has 0 fully saturated rings. The lowest BCUT2D eigenvalue weighted by Gasteiger charge is -2.07. The van der Waals surface area contributed by atoms with E-state index in [1.165, 1.54) is 19.3 Å². The van der Waals surface area contributed by atoms with Gasteiger partial charge in [-0.3, -0.25) is 4.79 Å². The summed E-state index contributed by atoms with van der Waals surface area (Å²) in [5.74, 6) is 1.23. The van der Waals surface area contributed by atoms with Crippen LogP contribution in [-0.2, 0) is 4.79 Å². The van der Waals surface area contributed by atoms with Gasteiger partial charge in [0.1, 0.15) is 6.04 Å². The molecule has 0 bridgehead atoms. The topological polar surface area (TPSA) is 63.3 Å². The highest BCUT2D eigenvalue weighted by atomic mass is 16.4. The van der Waals surface area contributed by atoms with Gasteiger partial charge in [-0.1, -0.05) is 82.1 Å². The Bertz CT molecular complexity index is 201. The molecule has 0 spiro atoms. The van der Waals surface area contributed by atoms with Crippen molar-refractivity contribution in [2.45, 2.75) is 94.5 Å². The van der Waals surface area contributed by atoms with Gasteiger partial charge < -0.3 is 10.8 Å². The molecule has 1 atom stereocenters. The molecule has 0 aliphatic carbocycles. The van der Waals surface area contributed by atoms with Crippen molar-refractivity contribution in [1.29, 1.82) is 0 Å². The largest absolute Gasteiger partial charge is 0.480 e. The van der Waals surface area contributed by atoms with Gasteiger partial charge in [0, 0.05) is 0 Å². The summed E-state index contributed by atoms with van der Waals surface area (Å²) in [6, 6.07) is -0.690.